The summed E-state index contributed by atoms with van der Waals surface area (Å²) in [6, 6.07) is 7.20. The van der Waals surface area contributed by atoms with Gasteiger partial charge in [-0.2, -0.15) is 0 Å². The minimum atomic E-state index is -1.23. The molecule has 2 aromatic rings. The second-order valence-corrected chi connectivity index (χ2v) is 11.5. The van der Waals surface area contributed by atoms with E-state index in [1.807, 2.05) is 12.1 Å². The minimum Gasteiger partial charge on any atom is -0.462 e. The molecule has 0 aliphatic carbocycles. The van der Waals surface area contributed by atoms with Gasteiger partial charge in [-0.1, -0.05) is 25.1 Å². The Bertz CT molecular complexity index is 1310. The number of nitrogens with zero attached hydrogens (tertiary/aromatic N) is 2. The number of hydrogen-bond donors (Lipinski definition) is 3. The van der Waals surface area contributed by atoms with Gasteiger partial charge < -0.3 is 39.0 Å². The van der Waals surface area contributed by atoms with Crippen molar-refractivity contribution in [2.45, 2.75) is 57.7 Å². The van der Waals surface area contributed by atoms with Crippen LogP contribution in [-0.2, 0) is 35.0 Å². The predicted molar refractivity (Wildman–Crippen MR) is 160 cm³/mol. The Labute approximate surface area is 252 Å². The maximum atomic E-state index is 14.0. The van der Waals surface area contributed by atoms with Crippen molar-refractivity contribution in [3.05, 3.63) is 41.6 Å². The monoisotopic (exact) mass is 599 g/mol. The number of hydrogen-bond acceptors (Lipinski definition) is 9. The van der Waals surface area contributed by atoms with Crippen LogP contribution in [0.5, 0.6) is 0 Å². The van der Waals surface area contributed by atoms with E-state index < -0.39 is 24.0 Å². The van der Waals surface area contributed by atoms with Gasteiger partial charge in [0.05, 0.1) is 63.9 Å². The Morgan fingerprint density at radius 2 is 1.74 bits per heavy atom. The van der Waals surface area contributed by atoms with Crippen LogP contribution in [0.25, 0.3) is 16.6 Å². The molecule has 1 amide bonds. The number of aliphatic hydroxyl groups is 2. The van der Waals surface area contributed by atoms with Gasteiger partial charge >= 0.3 is 5.97 Å². The molecule has 0 saturated carbocycles. The number of rotatable bonds is 16. The van der Waals surface area contributed by atoms with Crippen LogP contribution < -0.4 is 5.32 Å². The molecule has 4 atom stereocenters. The van der Waals surface area contributed by atoms with Crippen LogP contribution in [0.1, 0.15) is 50.4 Å². The van der Waals surface area contributed by atoms with Crippen LogP contribution in [0.3, 0.4) is 0 Å². The Hall–Kier alpha value is -2.80. The van der Waals surface area contributed by atoms with Crippen molar-refractivity contribution in [3.63, 3.8) is 0 Å². The van der Waals surface area contributed by atoms with Crippen LogP contribution in [0, 0.1) is 5.41 Å². The topological polar surface area (TPSA) is 132 Å². The first kappa shape index (κ1) is 31.6. The zero-order chi connectivity index (χ0) is 30.4. The molecule has 0 radical (unpaired) electrons. The summed E-state index contributed by atoms with van der Waals surface area (Å²) < 4.78 is 23.4. The molecular weight excluding hydrogens is 554 g/mol. The molecular formula is C32H45N3O8. The summed E-state index contributed by atoms with van der Waals surface area (Å²) in [5, 5.41) is 23.1. The van der Waals surface area contributed by atoms with E-state index in [1.54, 1.807) is 0 Å². The maximum Gasteiger partial charge on any atom is 0.331 e. The summed E-state index contributed by atoms with van der Waals surface area (Å²) in [5.41, 5.74) is 3.81. The first-order chi connectivity index (χ1) is 20.9. The Kier molecular flexibility index (Phi) is 10.5. The first-order valence-electron chi connectivity index (χ1n) is 15.5. The SMILES string of the molecule is CC[C@@]12C=C(C(=O)N[C@H](C(=O)OCCOCCOCCOCCO)C(C)O)n3c4c(c5ccccc53)CCN(CCC1)[C@H]42. The van der Waals surface area contributed by atoms with Crippen molar-refractivity contribution in [3.8, 4) is 0 Å². The van der Waals surface area contributed by atoms with E-state index in [2.05, 4.69) is 39.9 Å². The summed E-state index contributed by atoms with van der Waals surface area (Å²) >= 11 is 0. The molecule has 1 saturated heterocycles. The van der Waals surface area contributed by atoms with Crippen LogP contribution in [0.4, 0.5) is 0 Å². The molecule has 5 rings (SSSR count). The van der Waals surface area contributed by atoms with E-state index in [1.165, 1.54) is 23.6 Å². The molecule has 0 spiro atoms. The molecule has 0 bridgehead atoms. The van der Waals surface area contributed by atoms with E-state index >= 15 is 0 Å². The molecule has 1 unspecified atom stereocenters. The Balaban J connectivity index is 1.25. The van der Waals surface area contributed by atoms with E-state index in [4.69, 9.17) is 24.1 Å². The van der Waals surface area contributed by atoms with Gasteiger partial charge in [-0.15, -0.1) is 0 Å². The number of carbonyl (C=O) groups excluding carboxylic acids is 2. The summed E-state index contributed by atoms with van der Waals surface area (Å²) in [7, 11) is 0. The molecule has 3 N–H and O–H groups in total. The number of carbonyl (C=O) groups is 2. The zero-order valence-electron chi connectivity index (χ0n) is 25.3. The van der Waals surface area contributed by atoms with Crippen molar-refractivity contribution >= 4 is 28.5 Å². The Morgan fingerprint density at radius 3 is 2.44 bits per heavy atom. The lowest BCUT2D eigenvalue weighted by Crippen LogP contribution is -2.53. The van der Waals surface area contributed by atoms with E-state index in [-0.39, 0.29) is 37.9 Å². The second kappa shape index (κ2) is 14.3. The maximum absolute atomic E-state index is 14.0. The normalized spacial score (nSPS) is 22.5. The summed E-state index contributed by atoms with van der Waals surface area (Å²) in [6.45, 7) is 7.56. The quantitative estimate of drug-likeness (QED) is 0.196. The van der Waals surface area contributed by atoms with E-state index in [9.17, 15) is 14.7 Å². The number of ether oxygens (including phenoxy) is 4. The smallest absolute Gasteiger partial charge is 0.331 e. The third-order valence-corrected chi connectivity index (χ3v) is 8.96. The molecule has 11 nitrogen and oxygen atoms in total. The number of piperidine rings is 1. The highest BCUT2D eigenvalue weighted by molar-refractivity contribution is 6.17. The molecule has 1 fully saturated rings. The Morgan fingerprint density at radius 1 is 1.05 bits per heavy atom. The standard InChI is InChI=1S/C32H45N3O8/c1-3-32-10-6-11-34-12-9-24-23-7-4-5-8-25(23)35(28(24)29(32)34)26(21-32)30(38)33-27(22(2)37)31(39)43-20-19-42-18-17-41-16-15-40-14-13-36/h4-5,7-8,21-22,27,29,36-37H,3,6,9-20H2,1-2H3,(H,33,38)/t22?,27-,29+,32-/m0/s1. The lowest BCUT2D eigenvalue weighted by Gasteiger charge is -2.53. The molecule has 3 aliphatic rings. The van der Waals surface area contributed by atoms with Gasteiger partial charge in [0.25, 0.3) is 5.91 Å². The number of fused-ring (bicyclic) bond motifs is 3. The first-order valence-corrected chi connectivity index (χ1v) is 15.5. The highest BCUT2D eigenvalue weighted by Gasteiger charge is 2.51. The largest absolute Gasteiger partial charge is 0.462 e. The number of aliphatic hydroxyl groups excluding tert-OH is 2. The van der Waals surface area contributed by atoms with Crippen molar-refractivity contribution in [2.75, 3.05) is 65.9 Å². The minimum absolute atomic E-state index is 0.0214. The molecule has 1 aromatic heterocycles. The van der Waals surface area contributed by atoms with Gasteiger partial charge in [0.15, 0.2) is 6.04 Å². The van der Waals surface area contributed by atoms with Crippen LogP contribution in [0.15, 0.2) is 30.3 Å². The number of para-hydroxylation sites is 1. The lowest BCUT2D eigenvalue weighted by atomic mass is 9.66. The zero-order valence-corrected chi connectivity index (χ0v) is 25.3. The summed E-state index contributed by atoms with van der Waals surface area (Å²) in [5.74, 6) is -1.12. The van der Waals surface area contributed by atoms with Crippen LogP contribution in [-0.4, -0.2) is 110 Å². The molecule has 43 heavy (non-hydrogen) atoms. The summed E-state index contributed by atoms with van der Waals surface area (Å²) in [4.78, 5) is 29.6. The number of benzene rings is 1. The lowest BCUT2D eigenvalue weighted by molar-refractivity contribution is -0.152. The molecule has 4 heterocycles. The van der Waals surface area contributed by atoms with Crippen molar-refractivity contribution in [2.24, 2.45) is 5.41 Å². The van der Waals surface area contributed by atoms with E-state index in [0.29, 0.717) is 32.1 Å². The molecule has 11 heteroatoms. The molecule has 3 aliphatic heterocycles. The van der Waals surface area contributed by atoms with Gasteiger partial charge in [0, 0.05) is 23.0 Å². The van der Waals surface area contributed by atoms with Gasteiger partial charge in [-0.05, 0) is 56.9 Å². The van der Waals surface area contributed by atoms with Crippen LogP contribution >= 0.6 is 0 Å². The number of nitrogens with one attached hydrogen (secondary N) is 1. The van der Waals surface area contributed by atoms with Gasteiger partial charge in [0.1, 0.15) is 12.3 Å². The van der Waals surface area contributed by atoms with Crippen molar-refractivity contribution in [1.29, 1.82) is 0 Å². The fourth-order valence-electron chi connectivity index (χ4n) is 6.93. The average molecular weight is 600 g/mol. The van der Waals surface area contributed by atoms with E-state index in [0.717, 1.165) is 44.3 Å². The van der Waals surface area contributed by atoms with Crippen molar-refractivity contribution < 1.29 is 38.7 Å². The number of esters is 1. The number of amides is 1. The third kappa shape index (κ3) is 6.52. The fraction of sp³-hybridized carbons (Fsp3) is 0.625. The highest BCUT2D eigenvalue weighted by Crippen LogP contribution is 2.56. The van der Waals surface area contributed by atoms with Gasteiger partial charge in [-0.25, -0.2) is 4.79 Å². The van der Waals surface area contributed by atoms with Crippen LogP contribution in [0.2, 0.25) is 0 Å². The van der Waals surface area contributed by atoms with Gasteiger partial charge in [0.2, 0.25) is 0 Å². The fourth-order valence-corrected chi connectivity index (χ4v) is 6.93. The average Bonchev–Trinajstić information content (AvgIpc) is 3.36. The number of aromatic nitrogens is 1. The predicted octanol–water partition coefficient (Wildman–Crippen LogP) is 2.04. The molecule has 1 aromatic carbocycles. The summed E-state index contributed by atoms with van der Waals surface area (Å²) in [6.07, 6.45) is 4.87. The van der Waals surface area contributed by atoms with Crippen molar-refractivity contribution in [1.82, 2.24) is 14.8 Å². The van der Waals surface area contributed by atoms with Gasteiger partial charge in [-0.3, -0.25) is 9.69 Å². The third-order valence-electron chi connectivity index (χ3n) is 8.96. The second-order valence-electron chi connectivity index (χ2n) is 11.5. The highest BCUT2D eigenvalue weighted by atomic mass is 16.6. The molecule has 236 valence electrons.